The minimum Gasteiger partial charge on any atom is -0.493 e. The Morgan fingerprint density at radius 1 is 1.19 bits per heavy atom. The molecule has 3 heterocycles. The monoisotopic (exact) mass is 408 g/mol. The Morgan fingerprint density at radius 3 is 2.48 bits per heavy atom. The summed E-state index contributed by atoms with van der Waals surface area (Å²) in [5.74, 6) is 1.73. The second-order valence-corrected chi connectivity index (χ2v) is 6.44. The molecule has 3 aromatic heterocycles. The van der Waals surface area contributed by atoms with Gasteiger partial charge in [0.25, 0.3) is 0 Å². The summed E-state index contributed by atoms with van der Waals surface area (Å²) in [7, 11) is 1.55. The highest BCUT2D eigenvalue weighted by atomic mass is 35.5. The van der Waals surface area contributed by atoms with Gasteiger partial charge in [-0.1, -0.05) is 0 Å². The number of fused-ring (bicyclic) bond motifs is 1. The molecule has 0 amide bonds. The standard InChI is InChI=1S/C17H14Cl2N4O4/c1-25-13-5-4-11(23-17(13)21-16(22-23)9-2-3-9)12(24)6-10-14(26-18)7-20-8-15(10)27-19/h4-5,7-9H,2-3,6H2,1H3. The van der Waals surface area contributed by atoms with Gasteiger partial charge < -0.3 is 13.3 Å². The van der Waals surface area contributed by atoms with Gasteiger partial charge in [-0.3, -0.25) is 9.78 Å². The number of methoxy groups -OCH3 is 1. The Balaban J connectivity index is 1.75. The summed E-state index contributed by atoms with van der Waals surface area (Å²) in [4.78, 5) is 21.4. The smallest absolute Gasteiger partial charge is 0.198 e. The minimum absolute atomic E-state index is 0.0767. The average molecular weight is 409 g/mol. The zero-order valence-electron chi connectivity index (χ0n) is 14.2. The summed E-state index contributed by atoms with van der Waals surface area (Å²) >= 11 is 11.0. The van der Waals surface area contributed by atoms with Gasteiger partial charge in [0.1, 0.15) is 29.4 Å². The quantitative estimate of drug-likeness (QED) is 0.552. The third-order valence-electron chi connectivity index (χ3n) is 4.39. The first-order chi connectivity index (χ1) is 13.2. The number of halogens is 2. The van der Waals surface area contributed by atoms with Crippen molar-refractivity contribution in [2.75, 3.05) is 7.11 Å². The number of nitrogens with zero attached hydrogens (tertiary/aromatic N) is 4. The zero-order chi connectivity index (χ0) is 19.0. The van der Waals surface area contributed by atoms with Crippen LogP contribution in [-0.4, -0.2) is 32.5 Å². The van der Waals surface area contributed by atoms with Crippen LogP contribution in [0.25, 0.3) is 5.65 Å². The number of pyridine rings is 2. The highest BCUT2D eigenvalue weighted by Crippen LogP contribution is 2.39. The van der Waals surface area contributed by atoms with Gasteiger partial charge in [0.15, 0.2) is 34.5 Å². The van der Waals surface area contributed by atoms with Gasteiger partial charge in [-0.25, -0.2) is 9.50 Å². The van der Waals surface area contributed by atoms with Crippen molar-refractivity contribution in [2.24, 2.45) is 0 Å². The topological polar surface area (TPSA) is 87.8 Å². The number of rotatable bonds is 7. The summed E-state index contributed by atoms with van der Waals surface area (Å²) < 4.78 is 16.4. The summed E-state index contributed by atoms with van der Waals surface area (Å²) in [6.07, 6.45) is 4.77. The van der Waals surface area contributed by atoms with E-state index in [0.29, 0.717) is 34.4 Å². The molecule has 1 aliphatic rings. The molecule has 0 saturated heterocycles. The van der Waals surface area contributed by atoms with Crippen molar-refractivity contribution >= 4 is 35.2 Å². The molecule has 1 fully saturated rings. The first-order valence-corrected chi connectivity index (χ1v) is 8.79. The number of hydrogen-bond donors (Lipinski definition) is 0. The Morgan fingerprint density at radius 2 is 1.89 bits per heavy atom. The van der Waals surface area contributed by atoms with Crippen molar-refractivity contribution < 1.29 is 18.1 Å². The van der Waals surface area contributed by atoms with E-state index < -0.39 is 0 Å². The Bertz CT molecular complexity index is 997. The van der Waals surface area contributed by atoms with Gasteiger partial charge in [-0.05, 0) is 25.0 Å². The van der Waals surface area contributed by atoms with Crippen LogP contribution < -0.4 is 13.3 Å². The lowest BCUT2D eigenvalue weighted by molar-refractivity contribution is 0.0984. The van der Waals surface area contributed by atoms with Gasteiger partial charge >= 0.3 is 0 Å². The molecule has 27 heavy (non-hydrogen) atoms. The van der Waals surface area contributed by atoms with Crippen molar-refractivity contribution in [3.63, 3.8) is 0 Å². The van der Waals surface area contributed by atoms with Crippen LogP contribution in [0.3, 0.4) is 0 Å². The highest BCUT2D eigenvalue weighted by Gasteiger charge is 2.30. The fourth-order valence-electron chi connectivity index (χ4n) is 2.85. The normalized spacial score (nSPS) is 13.6. The first kappa shape index (κ1) is 17.8. The molecule has 0 atom stereocenters. The van der Waals surface area contributed by atoms with Crippen LogP contribution >= 0.6 is 23.7 Å². The van der Waals surface area contributed by atoms with Crippen LogP contribution in [0.15, 0.2) is 24.5 Å². The lowest BCUT2D eigenvalue weighted by atomic mass is 10.1. The summed E-state index contributed by atoms with van der Waals surface area (Å²) in [6.45, 7) is 0. The highest BCUT2D eigenvalue weighted by molar-refractivity contribution is 6.10. The minimum atomic E-state index is -0.244. The predicted octanol–water partition coefficient (Wildman–Crippen LogP) is 3.50. The largest absolute Gasteiger partial charge is 0.493 e. The van der Waals surface area contributed by atoms with Crippen molar-refractivity contribution in [1.82, 2.24) is 19.6 Å². The van der Waals surface area contributed by atoms with Crippen LogP contribution in [-0.2, 0) is 6.42 Å². The number of ether oxygens (including phenoxy) is 1. The second-order valence-electron chi connectivity index (χ2n) is 6.14. The summed E-state index contributed by atoms with van der Waals surface area (Å²) in [5, 5.41) is 4.51. The van der Waals surface area contributed by atoms with Gasteiger partial charge in [-0.2, -0.15) is 5.10 Å². The molecule has 4 rings (SSSR count). The van der Waals surface area contributed by atoms with E-state index in [-0.39, 0.29) is 23.7 Å². The van der Waals surface area contributed by atoms with Crippen LogP contribution in [0.1, 0.15) is 40.6 Å². The van der Waals surface area contributed by atoms with E-state index in [4.69, 9.17) is 37.0 Å². The average Bonchev–Trinajstić information content (AvgIpc) is 3.45. The van der Waals surface area contributed by atoms with Crippen LogP contribution in [0.2, 0.25) is 0 Å². The molecule has 1 aliphatic carbocycles. The fraction of sp³-hybridized carbons (Fsp3) is 0.294. The first-order valence-electron chi connectivity index (χ1n) is 8.17. The Labute approximate surface area is 164 Å². The summed E-state index contributed by atoms with van der Waals surface area (Å²) in [6, 6.07) is 3.33. The molecular formula is C17H14Cl2N4O4. The van der Waals surface area contributed by atoms with E-state index >= 15 is 0 Å². The van der Waals surface area contributed by atoms with Crippen molar-refractivity contribution in [3.8, 4) is 17.2 Å². The van der Waals surface area contributed by atoms with E-state index in [1.54, 1.807) is 19.2 Å². The number of ketones is 1. The van der Waals surface area contributed by atoms with E-state index in [1.807, 2.05) is 0 Å². The van der Waals surface area contributed by atoms with Gasteiger partial charge in [0.2, 0.25) is 0 Å². The number of hydrogen-bond acceptors (Lipinski definition) is 7. The molecule has 140 valence electrons. The maximum absolute atomic E-state index is 13.0. The van der Waals surface area contributed by atoms with Gasteiger partial charge in [0, 0.05) is 12.3 Å². The van der Waals surface area contributed by atoms with Gasteiger partial charge in [-0.15, -0.1) is 0 Å². The summed E-state index contributed by atoms with van der Waals surface area (Å²) in [5.41, 5.74) is 1.23. The van der Waals surface area contributed by atoms with Crippen LogP contribution in [0.4, 0.5) is 0 Å². The number of Topliss-reactive ketones (excluding diaryl/α,β-unsaturated/α-hetero) is 1. The van der Waals surface area contributed by atoms with Crippen LogP contribution in [0.5, 0.6) is 17.2 Å². The van der Waals surface area contributed by atoms with E-state index in [2.05, 4.69) is 15.1 Å². The zero-order valence-corrected chi connectivity index (χ0v) is 15.7. The molecule has 10 heteroatoms. The van der Waals surface area contributed by atoms with E-state index in [0.717, 1.165) is 12.8 Å². The van der Waals surface area contributed by atoms with Crippen molar-refractivity contribution in [2.45, 2.75) is 25.2 Å². The molecule has 3 aromatic rings. The SMILES string of the molecule is COc1ccc(C(=O)Cc2c(OCl)cncc2OCl)n2nc(C3CC3)nc12. The third kappa shape index (κ3) is 3.26. The molecule has 1 saturated carbocycles. The fourth-order valence-corrected chi connectivity index (χ4v) is 3.11. The van der Waals surface area contributed by atoms with Gasteiger partial charge in [0.05, 0.1) is 25.1 Å². The third-order valence-corrected chi connectivity index (χ3v) is 4.73. The number of aromatic nitrogens is 4. The number of carbonyl (C=O) groups excluding carboxylic acids is 1. The molecule has 0 radical (unpaired) electrons. The van der Waals surface area contributed by atoms with Crippen molar-refractivity contribution in [3.05, 3.63) is 41.6 Å². The van der Waals surface area contributed by atoms with E-state index in [1.165, 1.54) is 16.9 Å². The number of carbonyl (C=O) groups is 1. The molecule has 0 aliphatic heterocycles. The molecule has 0 N–H and O–H groups in total. The lowest BCUT2D eigenvalue weighted by Crippen LogP contribution is -2.12. The maximum Gasteiger partial charge on any atom is 0.198 e. The molecule has 0 aromatic carbocycles. The Kier molecular flexibility index (Phi) is 4.75. The van der Waals surface area contributed by atoms with Crippen molar-refractivity contribution in [1.29, 1.82) is 0 Å². The van der Waals surface area contributed by atoms with Crippen LogP contribution in [0, 0.1) is 0 Å². The lowest BCUT2D eigenvalue weighted by Gasteiger charge is -2.10. The molecule has 0 bridgehead atoms. The van der Waals surface area contributed by atoms with E-state index in [9.17, 15) is 4.79 Å². The second kappa shape index (κ2) is 7.21. The molecule has 0 unspecified atom stereocenters. The molecule has 8 nitrogen and oxygen atoms in total. The molecular weight excluding hydrogens is 395 g/mol. The predicted molar refractivity (Wildman–Crippen MR) is 96.7 cm³/mol. The molecule has 0 spiro atoms. The Hall–Kier alpha value is -2.58. The maximum atomic E-state index is 13.0.